The monoisotopic (exact) mass is 438 g/mol. The van der Waals surface area contributed by atoms with Crippen LogP contribution in [-0.2, 0) is 24.3 Å². The van der Waals surface area contributed by atoms with Gasteiger partial charge in [0.2, 0.25) is 5.91 Å². The van der Waals surface area contributed by atoms with Crippen molar-refractivity contribution >= 4 is 18.1 Å². The average molecular weight is 439 g/mol. The van der Waals surface area contributed by atoms with Gasteiger partial charge >= 0.3 is 0 Å². The number of benzene rings is 2. The third-order valence-corrected chi connectivity index (χ3v) is 5.97. The summed E-state index contributed by atoms with van der Waals surface area (Å²) in [6.45, 7) is 3.77. The predicted octanol–water partition coefficient (Wildman–Crippen LogP) is 3.91. The SMILES string of the molecule is COc1cc2c(cc1OC)CN(C(=O)CCn1c(-c3cccc(C)c3)n[nH]c1=S)CC2. The Hall–Kier alpha value is -3.13. The molecule has 0 aliphatic carbocycles. The summed E-state index contributed by atoms with van der Waals surface area (Å²) < 4.78 is 13.2. The minimum atomic E-state index is 0.0960. The predicted molar refractivity (Wildman–Crippen MR) is 121 cm³/mol. The highest BCUT2D eigenvalue weighted by Crippen LogP contribution is 2.33. The van der Waals surface area contributed by atoms with Gasteiger partial charge in [-0.3, -0.25) is 14.5 Å². The van der Waals surface area contributed by atoms with Crippen molar-refractivity contribution in [3.8, 4) is 22.9 Å². The van der Waals surface area contributed by atoms with Crippen LogP contribution in [0.2, 0.25) is 0 Å². The zero-order chi connectivity index (χ0) is 22.0. The number of nitrogens with one attached hydrogen (secondary N) is 1. The van der Waals surface area contributed by atoms with Gasteiger partial charge in [-0.15, -0.1) is 0 Å². The summed E-state index contributed by atoms with van der Waals surface area (Å²) >= 11 is 5.41. The number of ether oxygens (including phenoxy) is 2. The third-order valence-electron chi connectivity index (χ3n) is 5.65. The minimum absolute atomic E-state index is 0.0960. The van der Waals surface area contributed by atoms with E-state index in [1.165, 1.54) is 5.56 Å². The molecule has 0 atom stereocenters. The second-order valence-electron chi connectivity index (χ2n) is 7.66. The summed E-state index contributed by atoms with van der Waals surface area (Å²) in [6, 6.07) is 12.1. The van der Waals surface area contributed by atoms with Crippen molar-refractivity contribution in [2.45, 2.75) is 32.9 Å². The molecule has 0 saturated heterocycles. The molecule has 7 nitrogen and oxygen atoms in total. The van der Waals surface area contributed by atoms with Gasteiger partial charge in [0.25, 0.3) is 0 Å². The quantitative estimate of drug-likeness (QED) is 0.591. The van der Waals surface area contributed by atoms with E-state index in [0.717, 1.165) is 34.7 Å². The summed E-state index contributed by atoms with van der Waals surface area (Å²) in [5.74, 6) is 2.25. The molecule has 4 rings (SSSR count). The molecule has 0 bridgehead atoms. The molecule has 1 N–H and O–H groups in total. The average Bonchev–Trinajstić information content (AvgIpc) is 3.16. The number of amides is 1. The van der Waals surface area contributed by atoms with Gasteiger partial charge in [0.15, 0.2) is 22.1 Å². The van der Waals surface area contributed by atoms with Gasteiger partial charge in [-0.2, -0.15) is 5.10 Å². The lowest BCUT2D eigenvalue weighted by Gasteiger charge is -2.29. The largest absolute Gasteiger partial charge is 0.493 e. The lowest BCUT2D eigenvalue weighted by atomic mass is 9.98. The van der Waals surface area contributed by atoms with Crippen LogP contribution in [0.4, 0.5) is 0 Å². The van der Waals surface area contributed by atoms with Crippen LogP contribution >= 0.6 is 12.2 Å². The summed E-state index contributed by atoms with van der Waals surface area (Å²) in [5, 5.41) is 7.24. The van der Waals surface area contributed by atoms with Gasteiger partial charge in [0.05, 0.1) is 14.2 Å². The number of hydrogen-bond donors (Lipinski definition) is 1. The first kappa shape index (κ1) is 21.1. The Morgan fingerprint density at radius 1 is 1.16 bits per heavy atom. The first-order valence-electron chi connectivity index (χ1n) is 10.2. The highest BCUT2D eigenvalue weighted by molar-refractivity contribution is 7.71. The van der Waals surface area contributed by atoms with Crippen LogP contribution in [-0.4, -0.2) is 46.3 Å². The minimum Gasteiger partial charge on any atom is -0.493 e. The Balaban J connectivity index is 1.47. The van der Waals surface area contributed by atoms with Crippen LogP contribution in [0.1, 0.15) is 23.1 Å². The molecule has 0 spiro atoms. The van der Waals surface area contributed by atoms with Crippen LogP contribution in [0.5, 0.6) is 11.5 Å². The highest BCUT2D eigenvalue weighted by Gasteiger charge is 2.23. The smallest absolute Gasteiger partial charge is 0.224 e. The third kappa shape index (κ3) is 4.34. The van der Waals surface area contributed by atoms with Crippen molar-refractivity contribution in [3.63, 3.8) is 0 Å². The number of aromatic amines is 1. The first-order chi connectivity index (χ1) is 15.0. The number of methoxy groups -OCH3 is 2. The number of nitrogens with zero attached hydrogens (tertiary/aromatic N) is 3. The fourth-order valence-electron chi connectivity index (χ4n) is 3.99. The zero-order valence-electron chi connectivity index (χ0n) is 18.0. The number of H-pyrrole nitrogens is 1. The maximum Gasteiger partial charge on any atom is 0.224 e. The van der Waals surface area contributed by atoms with Gasteiger partial charge in [-0.1, -0.05) is 23.8 Å². The standard InChI is InChI=1S/C23H26N4O3S/c1-15-5-4-6-17(11-15)22-24-25-23(31)27(22)10-8-21(28)26-9-7-16-12-19(29-2)20(30-3)13-18(16)14-26/h4-6,11-13H,7-10,14H2,1-3H3,(H,25,31). The van der Waals surface area contributed by atoms with Crippen molar-refractivity contribution in [2.24, 2.45) is 0 Å². The lowest BCUT2D eigenvalue weighted by molar-refractivity contribution is -0.132. The Kier molecular flexibility index (Phi) is 6.08. The van der Waals surface area contributed by atoms with Gasteiger partial charge < -0.3 is 14.4 Å². The van der Waals surface area contributed by atoms with Crippen molar-refractivity contribution in [1.82, 2.24) is 19.7 Å². The normalized spacial score (nSPS) is 13.1. The van der Waals surface area contributed by atoms with Crippen molar-refractivity contribution in [1.29, 1.82) is 0 Å². The molecule has 31 heavy (non-hydrogen) atoms. The van der Waals surface area contributed by atoms with Crippen molar-refractivity contribution < 1.29 is 14.3 Å². The van der Waals surface area contributed by atoms with Gasteiger partial charge in [0.1, 0.15) is 0 Å². The second-order valence-corrected chi connectivity index (χ2v) is 8.05. The molecule has 1 aliphatic heterocycles. The molecule has 1 aliphatic rings. The van der Waals surface area contributed by atoms with Gasteiger partial charge in [-0.05, 0) is 54.9 Å². The van der Waals surface area contributed by atoms with E-state index >= 15 is 0 Å². The molecular formula is C23H26N4O3S. The number of carbonyl (C=O) groups is 1. The van der Waals surface area contributed by atoms with E-state index in [4.69, 9.17) is 21.7 Å². The Morgan fingerprint density at radius 3 is 2.61 bits per heavy atom. The summed E-state index contributed by atoms with van der Waals surface area (Å²) in [6.07, 6.45) is 1.15. The lowest BCUT2D eigenvalue weighted by Crippen LogP contribution is -2.36. The van der Waals surface area contributed by atoms with Crippen molar-refractivity contribution in [2.75, 3.05) is 20.8 Å². The maximum atomic E-state index is 13.0. The second kappa shape index (κ2) is 8.93. The molecule has 0 radical (unpaired) electrons. The molecule has 1 amide bonds. The molecule has 0 fully saturated rings. The molecule has 0 unspecified atom stereocenters. The molecule has 0 saturated carbocycles. The van der Waals surface area contributed by atoms with Crippen LogP contribution in [0, 0.1) is 11.7 Å². The van der Waals surface area contributed by atoms with Gasteiger partial charge in [-0.25, -0.2) is 0 Å². The van der Waals surface area contributed by atoms with E-state index in [0.29, 0.717) is 36.6 Å². The topological polar surface area (TPSA) is 72.4 Å². The Morgan fingerprint density at radius 2 is 1.90 bits per heavy atom. The number of fused-ring (bicyclic) bond motifs is 1. The number of carbonyl (C=O) groups excluding carboxylic acids is 1. The van der Waals surface area contributed by atoms with Gasteiger partial charge in [0, 0.05) is 31.6 Å². The maximum absolute atomic E-state index is 13.0. The molecule has 8 heteroatoms. The van der Waals surface area contributed by atoms with E-state index < -0.39 is 0 Å². The summed E-state index contributed by atoms with van der Waals surface area (Å²) in [7, 11) is 3.26. The van der Waals surface area contributed by atoms with E-state index in [-0.39, 0.29) is 5.91 Å². The summed E-state index contributed by atoms with van der Waals surface area (Å²) in [4.78, 5) is 14.9. The number of aryl methyl sites for hydroxylation is 1. The zero-order valence-corrected chi connectivity index (χ0v) is 18.8. The summed E-state index contributed by atoms with van der Waals surface area (Å²) in [5.41, 5.74) is 4.42. The van der Waals surface area contributed by atoms with E-state index in [9.17, 15) is 4.79 Å². The Labute approximate surface area is 186 Å². The van der Waals surface area contributed by atoms with E-state index in [1.807, 2.05) is 46.7 Å². The fraction of sp³-hybridized carbons (Fsp3) is 0.348. The Bertz CT molecular complexity index is 1170. The van der Waals surface area contributed by atoms with E-state index in [2.05, 4.69) is 16.3 Å². The highest BCUT2D eigenvalue weighted by atomic mass is 32.1. The molecular weight excluding hydrogens is 412 g/mol. The van der Waals surface area contributed by atoms with Crippen LogP contribution in [0.15, 0.2) is 36.4 Å². The van der Waals surface area contributed by atoms with Crippen LogP contribution in [0.3, 0.4) is 0 Å². The molecule has 2 heterocycles. The number of hydrogen-bond acceptors (Lipinski definition) is 5. The molecule has 1 aromatic heterocycles. The fourth-order valence-corrected chi connectivity index (χ4v) is 4.21. The molecule has 2 aromatic carbocycles. The molecule has 3 aromatic rings. The van der Waals surface area contributed by atoms with E-state index in [1.54, 1.807) is 14.2 Å². The van der Waals surface area contributed by atoms with Crippen LogP contribution in [0.25, 0.3) is 11.4 Å². The first-order valence-corrected chi connectivity index (χ1v) is 10.6. The number of rotatable bonds is 6. The van der Waals surface area contributed by atoms with Crippen molar-refractivity contribution in [3.05, 3.63) is 57.9 Å². The van der Waals surface area contributed by atoms with Crippen LogP contribution < -0.4 is 9.47 Å². The number of aromatic nitrogens is 3. The molecule has 162 valence electrons.